The van der Waals surface area contributed by atoms with E-state index in [0.29, 0.717) is 28.9 Å². The number of rotatable bonds is 7. The molecule has 0 bridgehead atoms. The van der Waals surface area contributed by atoms with E-state index in [0.717, 1.165) is 5.56 Å². The first kappa shape index (κ1) is 29.3. The van der Waals surface area contributed by atoms with E-state index in [9.17, 15) is 18.4 Å². The molecule has 6 heterocycles. The summed E-state index contributed by atoms with van der Waals surface area (Å²) in [5, 5.41) is 7.04. The van der Waals surface area contributed by atoms with Crippen LogP contribution >= 0.6 is 0 Å². The number of aromatic nitrogens is 5. The minimum absolute atomic E-state index is 0.0190. The number of methoxy groups -OCH3 is 1. The van der Waals surface area contributed by atoms with Gasteiger partial charge in [0, 0.05) is 68.7 Å². The molecule has 230 valence electrons. The summed E-state index contributed by atoms with van der Waals surface area (Å²) < 4.78 is 49.4. The monoisotopic (exact) mass is 609 g/mol. The molecule has 0 spiro atoms. The van der Waals surface area contributed by atoms with E-state index in [1.54, 1.807) is 22.7 Å². The lowest BCUT2D eigenvalue weighted by Gasteiger charge is -2.31. The Hall–Kier alpha value is -4.79. The highest BCUT2D eigenvalue weighted by atomic mass is 19.3. The Morgan fingerprint density at radius 2 is 1.89 bits per heavy atom. The number of ether oxygens (including phenoxy) is 1. The number of nitrogens with zero attached hydrogens (tertiary/aromatic N) is 7. The van der Waals surface area contributed by atoms with Crippen molar-refractivity contribution in [1.29, 1.82) is 0 Å². The van der Waals surface area contributed by atoms with E-state index in [4.69, 9.17) is 10.5 Å². The molecule has 2 atom stereocenters. The molecule has 4 aromatic heterocycles. The average Bonchev–Trinajstić information content (AvgIpc) is 3.58. The van der Waals surface area contributed by atoms with Gasteiger partial charge in [-0.05, 0) is 29.8 Å². The predicted octanol–water partition coefficient (Wildman–Crippen LogP) is 2.60. The summed E-state index contributed by atoms with van der Waals surface area (Å²) >= 11 is 0. The molecule has 0 radical (unpaired) electrons. The van der Waals surface area contributed by atoms with Gasteiger partial charge in [-0.2, -0.15) is 5.10 Å². The molecule has 2 fully saturated rings. The number of amides is 2. The minimum atomic E-state index is -2.67. The summed E-state index contributed by atoms with van der Waals surface area (Å²) in [5.41, 5.74) is 8.91. The van der Waals surface area contributed by atoms with Gasteiger partial charge in [-0.25, -0.2) is 27.7 Å². The van der Waals surface area contributed by atoms with Gasteiger partial charge in [0.25, 0.3) is 17.7 Å². The standard InChI is InChI=1S/C29H30F3N9O3/c1-44-27-20(26(42)38-22-15-40(14-21(22)30)28(43)17-2-6-34-7-3-17)10-18(12-35-27)23-11-19(24-25(33)36-16-37-41(23)24)13-39-8-4-29(31,32)5-9-39/h2-3,6-7,10-12,16,21-22H,4-5,8-9,13-15H2,1H3,(H,38,42)(H2,33,36,37)/t21-,22+/m0/s1. The summed E-state index contributed by atoms with van der Waals surface area (Å²) in [6.45, 7) is 0.613. The fourth-order valence-electron chi connectivity index (χ4n) is 5.66. The molecule has 2 amide bonds. The topological polar surface area (TPSA) is 144 Å². The van der Waals surface area contributed by atoms with Crippen LogP contribution in [0.1, 0.15) is 39.1 Å². The number of hydrogen-bond acceptors (Lipinski definition) is 9. The van der Waals surface area contributed by atoms with E-state index >= 15 is 4.39 Å². The number of nitrogens with two attached hydrogens (primary N) is 1. The van der Waals surface area contributed by atoms with E-state index < -0.39 is 24.0 Å². The molecule has 3 N–H and O–H groups in total. The van der Waals surface area contributed by atoms with Gasteiger partial charge in [-0.3, -0.25) is 19.5 Å². The van der Waals surface area contributed by atoms with Crippen molar-refractivity contribution in [2.24, 2.45) is 0 Å². The third kappa shape index (κ3) is 5.74. The summed E-state index contributed by atoms with van der Waals surface area (Å²) in [4.78, 5) is 41.9. The van der Waals surface area contributed by atoms with E-state index in [1.165, 1.54) is 36.9 Å². The number of pyridine rings is 2. The quantitative estimate of drug-likeness (QED) is 0.323. The number of alkyl halides is 3. The smallest absolute Gasteiger partial charge is 0.257 e. The summed E-state index contributed by atoms with van der Waals surface area (Å²) in [7, 11) is 1.36. The van der Waals surface area contributed by atoms with Crippen LogP contribution in [-0.4, -0.2) is 97.6 Å². The number of hydrogen-bond donors (Lipinski definition) is 2. The number of fused-ring (bicyclic) bond motifs is 1. The fraction of sp³-hybridized carbons (Fsp3) is 0.379. The zero-order chi connectivity index (χ0) is 31.0. The first-order valence-electron chi connectivity index (χ1n) is 14.0. The third-order valence-electron chi connectivity index (χ3n) is 8.01. The van der Waals surface area contributed by atoms with Crippen molar-refractivity contribution < 1.29 is 27.5 Å². The number of likely N-dealkylation sites (tertiary alicyclic amines) is 2. The predicted molar refractivity (Wildman–Crippen MR) is 153 cm³/mol. The minimum Gasteiger partial charge on any atom is -0.480 e. The zero-order valence-corrected chi connectivity index (χ0v) is 23.8. The Labute approximate surface area is 250 Å². The molecule has 2 aliphatic rings. The summed E-state index contributed by atoms with van der Waals surface area (Å²) in [6.07, 6.45) is 3.82. The zero-order valence-electron chi connectivity index (χ0n) is 23.8. The second-order valence-electron chi connectivity index (χ2n) is 10.9. The molecule has 44 heavy (non-hydrogen) atoms. The largest absolute Gasteiger partial charge is 0.480 e. The van der Waals surface area contributed by atoms with Crippen LogP contribution < -0.4 is 15.8 Å². The number of halogens is 3. The van der Waals surface area contributed by atoms with Crippen LogP contribution in [0, 0.1) is 0 Å². The molecular formula is C29H30F3N9O3. The van der Waals surface area contributed by atoms with Crippen molar-refractivity contribution >= 4 is 23.1 Å². The molecule has 0 aliphatic carbocycles. The van der Waals surface area contributed by atoms with Gasteiger partial charge < -0.3 is 20.7 Å². The highest BCUT2D eigenvalue weighted by Gasteiger charge is 2.38. The Morgan fingerprint density at radius 1 is 1.14 bits per heavy atom. The molecule has 2 saturated heterocycles. The molecule has 12 nitrogen and oxygen atoms in total. The van der Waals surface area contributed by atoms with Crippen LogP contribution in [0.25, 0.3) is 16.8 Å². The van der Waals surface area contributed by atoms with Crippen LogP contribution in [0.4, 0.5) is 19.0 Å². The summed E-state index contributed by atoms with van der Waals surface area (Å²) in [6, 6.07) is 5.50. The second kappa shape index (κ2) is 11.7. The summed E-state index contributed by atoms with van der Waals surface area (Å²) in [5.74, 6) is -3.43. The number of nitrogen functional groups attached to an aromatic ring is 1. The lowest BCUT2D eigenvalue weighted by atomic mass is 10.1. The molecule has 2 aliphatic heterocycles. The highest BCUT2D eigenvalue weighted by Crippen LogP contribution is 2.33. The Morgan fingerprint density at radius 3 is 2.61 bits per heavy atom. The molecular weight excluding hydrogens is 579 g/mol. The van der Waals surface area contributed by atoms with Gasteiger partial charge in [-0.1, -0.05) is 0 Å². The van der Waals surface area contributed by atoms with Crippen molar-refractivity contribution in [1.82, 2.24) is 39.7 Å². The number of piperidine rings is 1. The van der Waals surface area contributed by atoms with Crippen LogP contribution in [0.15, 0.2) is 49.2 Å². The normalized spacial score (nSPS) is 20.1. The maximum Gasteiger partial charge on any atom is 0.257 e. The van der Waals surface area contributed by atoms with Crippen molar-refractivity contribution in [2.45, 2.75) is 37.5 Å². The van der Waals surface area contributed by atoms with Gasteiger partial charge >= 0.3 is 0 Å². The van der Waals surface area contributed by atoms with Gasteiger partial charge in [0.2, 0.25) is 5.88 Å². The van der Waals surface area contributed by atoms with Gasteiger partial charge in [0.05, 0.1) is 25.4 Å². The maximum atomic E-state index is 15.0. The Bertz CT molecular complexity index is 1690. The van der Waals surface area contributed by atoms with E-state index in [-0.39, 0.29) is 62.2 Å². The first-order chi connectivity index (χ1) is 21.1. The molecule has 0 aromatic carbocycles. The van der Waals surface area contributed by atoms with Crippen LogP contribution in [0.5, 0.6) is 5.88 Å². The van der Waals surface area contributed by atoms with E-state index in [1.807, 2.05) is 11.0 Å². The third-order valence-corrected chi connectivity index (χ3v) is 8.01. The SMILES string of the molecule is COc1ncc(-c2cc(CN3CCC(F)(F)CC3)c3c(N)ncnn23)cc1C(=O)N[C@@H]1CN(C(=O)c2ccncc2)C[C@@H]1F. The fourth-order valence-corrected chi connectivity index (χ4v) is 5.66. The molecule has 0 saturated carbocycles. The Kier molecular flexibility index (Phi) is 7.80. The number of anilines is 1. The van der Waals surface area contributed by atoms with Gasteiger partial charge in [0.1, 0.15) is 23.6 Å². The van der Waals surface area contributed by atoms with Crippen LogP contribution in [0.2, 0.25) is 0 Å². The average molecular weight is 610 g/mol. The number of nitrogens with one attached hydrogen (secondary N) is 1. The van der Waals surface area contributed by atoms with E-state index in [2.05, 4.69) is 25.4 Å². The number of carbonyl (C=O) groups is 2. The lowest BCUT2D eigenvalue weighted by molar-refractivity contribution is -0.0565. The second-order valence-corrected chi connectivity index (χ2v) is 10.9. The van der Waals surface area contributed by atoms with Gasteiger partial charge in [-0.15, -0.1) is 0 Å². The Balaban J connectivity index is 1.26. The lowest BCUT2D eigenvalue weighted by Crippen LogP contribution is -2.42. The van der Waals surface area contributed by atoms with Crippen molar-refractivity contribution in [3.8, 4) is 17.1 Å². The molecule has 15 heteroatoms. The maximum absolute atomic E-state index is 15.0. The van der Waals surface area contributed by atoms with Crippen molar-refractivity contribution in [2.75, 3.05) is 39.0 Å². The molecule has 6 rings (SSSR count). The highest BCUT2D eigenvalue weighted by molar-refractivity contribution is 5.98. The van der Waals surface area contributed by atoms with Crippen LogP contribution in [-0.2, 0) is 6.54 Å². The van der Waals surface area contributed by atoms with Crippen molar-refractivity contribution in [3.63, 3.8) is 0 Å². The van der Waals surface area contributed by atoms with Crippen molar-refractivity contribution in [3.05, 3.63) is 65.9 Å². The van der Waals surface area contributed by atoms with Gasteiger partial charge in [0.15, 0.2) is 5.82 Å². The molecule has 4 aromatic rings. The number of carbonyl (C=O) groups excluding carboxylic acids is 2. The van der Waals surface area contributed by atoms with Crippen LogP contribution in [0.3, 0.4) is 0 Å². The molecule has 0 unspecified atom stereocenters. The first-order valence-corrected chi connectivity index (χ1v) is 14.0.